The fourth-order valence-corrected chi connectivity index (χ4v) is 7.14. The van der Waals surface area contributed by atoms with E-state index in [4.69, 9.17) is 51.6 Å². The number of carboxylic acids is 1. The summed E-state index contributed by atoms with van der Waals surface area (Å²) < 4.78 is 0. The standard InChI is InChI=1S/C44H69N19O7/c45-28(22-25-10-2-1-3-11-25)35(64)59-30(14-6-18-54-41(46)47)36(65)60-32(16-8-20-56-43(50)51)38(67)63-34(23-26-24-58-29-13-5-4-12-27(26)29)39(68)61-31(15-7-19-55-42(48)49)37(66)62-33(40(69)70)17-9-21-57-44(52)53/h1-5,10-13,24,28,30-34,58H,6-9,14-23,45H2,(H,59,64)(H,60,65)(H,61,68)(H,62,66)(H,63,67)(H,69,70)(H4,46,47,54)(H4,48,49,55)(H4,50,51,56)(H4,52,53,57)/t28-,30-,31-,32-,33-,34-/m0/s1. The summed E-state index contributed by atoms with van der Waals surface area (Å²) in [6, 6.07) is 8.55. The van der Waals surface area contributed by atoms with Crippen LogP contribution in [0.5, 0.6) is 0 Å². The van der Waals surface area contributed by atoms with Crippen molar-refractivity contribution in [1.29, 1.82) is 0 Å². The van der Waals surface area contributed by atoms with Gasteiger partial charge in [0.2, 0.25) is 29.5 Å². The number of para-hydroxylation sites is 1. The number of aromatic amines is 1. The van der Waals surface area contributed by atoms with Gasteiger partial charge in [0.25, 0.3) is 0 Å². The number of benzene rings is 2. The molecule has 0 fully saturated rings. The van der Waals surface area contributed by atoms with Gasteiger partial charge in [-0.25, -0.2) is 4.79 Å². The van der Waals surface area contributed by atoms with Crippen molar-refractivity contribution in [3.8, 4) is 0 Å². The van der Waals surface area contributed by atoms with Crippen LogP contribution in [0.4, 0.5) is 0 Å². The summed E-state index contributed by atoms with van der Waals surface area (Å²) >= 11 is 0. The number of nitrogens with zero attached hydrogens (tertiary/aromatic N) is 4. The number of hydrogen-bond acceptors (Lipinski definition) is 11. The number of carbonyl (C=O) groups excluding carboxylic acids is 5. The predicted octanol–water partition coefficient (Wildman–Crippen LogP) is -4.00. The zero-order valence-electron chi connectivity index (χ0n) is 39.0. The highest BCUT2D eigenvalue weighted by atomic mass is 16.4. The Bertz CT molecular complexity index is 2300. The third kappa shape index (κ3) is 20.8. The van der Waals surface area contributed by atoms with Crippen molar-refractivity contribution in [3.05, 3.63) is 71.9 Å². The number of aromatic nitrogens is 1. The molecule has 0 unspecified atom stereocenters. The molecule has 0 bridgehead atoms. The van der Waals surface area contributed by atoms with E-state index in [0.717, 1.165) is 16.5 Å². The fraction of sp³-hybridized carbons (Fsp3) is 0.455. The molecule has 0 saturated carbocycles. The van der Waals surface area contributed by atoms with Gasteiger partial charge in [-0.05, 0) is 75.0 Å². The number of carboxylic acid groups (broad SMARTS) is 1. The summed E-state index contributed by atoms with van der Waals surface area (Å²) in [5.41, 5.74) is 52.3. The van der Waals surface area contributed by atoms with Crippen LogP contribution in [-0.2, 0) is 41.6 Å². The van der Waals surface area contributed by atoms with Crippen LogP contribution in [0, 0.1) is 0 Å². The molecule has 26 heteroatoms. The number of nitrogens with one attached hydrogen (secondary N) is 6. The van der Waals surface area contributed by atoms with E-state index in [0.29, 0.717) is 5.56 Å². The summed E-state index contributed by atoms with van der Waals surface area (Å²) in [5.74, 6) is -5.97. The first kappa shape index (κ1) is 56.2. The first-order valence-electron chi connectivity index (χ1n) is 22.6. The average Bonchev–Trinajstić information content (AvgIpc) is 3.72. The molecule has 2 aromatic carbocycles. The Morgan fingerprint density at radius 2 is 0.857 bits per heavy atom. The van der Waals surface area contributed by atoms with Crippen molar-refractivity contribution in [1.82, 2.24) is 31.6 Å². The van der Waals surface area contributed by atoms with Gasteiger partial charge in [0.05, 0.1) is 6.04 Å². The maximum Gasteiger partial charge on any atom is 0.326 e. The zero-order valence-corrected chi connectivity index (χ0v) is 39.0. The number of nitrogens with two attached hydrogens (primary N) is 9. The Hall–Kier alpha value is -8.16. The van der Waals surface area contributed by atoms with Crippen molar-refractivity contribution in [2.24, 2.45) is 71.6 Å². The van der Waals surface area contributed by atoms with Crippen LogP contribution in [-0.4, -0.2) is 132 Å². The van der Waals surface area contributed by atoms with Gasteiger partial charge in [0.1, 0.15) is 30.2 Å². The van der Waals surface area contributed by atoms with Gasteiger partial charge >= 0.3 is 5.97 Å². The van der Waals surface area contributed by atoms with Crippen LogP contribution in [0.1, 0.15) is 62.5 Å². The minimum absolute atomic E-state index is 0.0337. The predicted molar refractivity (Wildman–Crippen MR) is 267 cm³/mol. The number of fused-ring (bicyclic) bond motifs is 1. The molecule has 3 aromatic rings. The van der Waals surface area contributed by atoms with E-state index < -0.39 is 71.8 Å². The topological polar surface area (TPSA) is 482 Å². The van der Waals surface area contributed by atoms with E-state index in [1.54, 1.807) is 24.4 Å². The zero-order chi connectivity index (χ0) is 51.6. The van der Waals surface area contributed by atoms with Gasteiger partial charge < -0.3 is 88.3 Å². The first-order chi connectivity index (χ1) is 33.3. The van der Waals surface area contributed by atoms with Gasteiger partial charge in [-0.2, -0.15) is 0 Å². The van der Waals surface area contributed by atoms with Crippen LogP contribution in [0.3, 0.4) is 0 Å². The second-order valence-electron chi connectivity index (χ2n) is 16.3. The molecule has 0 spiro atoms. The lowest BCUT2D eigenvalue weighted by Crippen LogP contribution is -2.59. The largest absolute Gasteiger partial charge is 0.480 e. The minimum atomic E-state index is -1.40. The van der Waals surface area contributed by atoms with Crippen molar-refractivity contribution in [3.63, 3.8) is 0 Å². The Kier molecular flexibility index (Phi) is 23.7. The number of H-pyrrole nitrogens is 1. The fourth-order valence-electron chi connectivity index (χ4n) is 7.14. The molecule has 5 amide bonds. The lowest BCUT2D eigenvalue weighted by Gasteiger charge is -2.27. The molecule has 0 aliphatic carbocycles. The minimum Gasteiger partial charge on any atom is -0.480 e. The summed E-state index contributed by atoms with van der Waals surface area (Å²) in [4.78, 5) is 102. The van der Waals surface area contributed by atoms with E-state index >= 15 is 0 Å². The monoisotopic (exact) mass is 976 g/mol. The highest BCUT2D eigenvalue weighted by Gasteiger charge is 2.33. The van der Waals surface area contributed by atoms with Crippen molar-refractivity contribution in [2.45, 2.75) is 100 Å². The Morgan fingerprint density at radius 3 is 1.30 bits per heavy atom. The van der Waals surface area contributed by atoms with E-state index in [9.17, 15) is 33.9 Å². The van der Waals surface area contributed by atoms with Gasteiger partial charge in [0, 0.05) is 49.7 Å². The molecule has 382 valence electrons. The number of amides is 5. The first-order valence-corrected chi connectivity index (χ1v) is 22.6. The third-order valence-electron chi connectivity index (χ3n) is 10.7. The van der Waals surface area contributed by atoms with Gasteiger partial charge in [-0.1, -0.05) is 48.5 Å². The van der Waals surface area contributed by atoms with E-state index in [-0.39, 0.29) is 114 Å². The molecule has 0 radical (unpaired) electrons. The smallest absolute Gasteiger partial charge is 0.326 e. The van der Waals surface area contributed by atoms with E-state index in [2.05, 4.69) is 51.5 Å². The van der Waals surface area contributed by atoms with Gasteiger partial charge in [-0.3, -0.25) is 43.9 Å². The second-order valence-corrected chi connectivity index (χ2v) is 16.3. The van der Waals surface area contributed by atoms with Crippen molar-refractivity contribution < 1.29 is 33.9 Å². The van der Waals surface area contributed by atoms with Crippen LogP contribution >= 0.6 is 0 Å². The van der Waals surface area contributed by atoms with Gasteiger partial charge in [-0.15, -0.1) is 0 Å². The van der Waals surface area contributed by atoms with Crippen LogP contribution in [0.2, 0.25) is 0 Å². The SMILES string of the molecule is NC(N)=NCCC[C@H](NC(=O)[C@H](CCCN=C(N)N)NC(=O)[C@H](Cc1c[nH]c2ccccc12)NC(=O)[C@H](CCCN=C(N)N)NC(=O)[C@H](CCCN=C(N)N)NC(=O)[C@@H](N)Cc1ccccc1)C(=O)O. The summed E-state index contributed by atoms with van der Waals surface area (Å²) in [6.45, 7) is 0.350. The Morgan fingerprint density at radius 1 is 0.486 bits per heavy atom. The Balaban J connectivity index is 1.99. The van der Waals surface area contributed by atoms with Crippen LogP contribution in [0.15, 0.2) is 80.8 Å². The molecule has 3 rings (SSSR count). The molecule has 26 nitrogen and oxygen atoms in total. The molecular weight excluding hydrogens is 907 g/mol. The molecule has 0 saturated heterocycles. The van der Waals surface area contributed by atoms with E-state index in [1.165, 1.54) is 0 Å². The summed E-state index contributed by atoms with van der Waals surface area (Å²) in [5, 5.41) is 24.1. The number of rotatable bonds is 31. The number of hydrogen-bond donors (Lipinski definition) is 16. The van der Waals surface area contributed by atoms with E-state index in [1.807, 2.05) is 36.4 Å². The number of guanidine groups is 4. The molecule has 0 aliphatic heterocycles. The number of aliphatic imine (C=N–C) groups is 4. The maximum absolute atomic E-state index is 14.5. The highest BCUT2D eigenvalue weighted by Crippen LogP contribution is 2.20. The number of carbonyl (C=O) groups is 6. The third-order valence-corrected chi connectivity index (χ3v) is 10.7. The normalized spacial score (nSPS) is 13.4. The highest BCUT2D eigenvalue weighted by molar-refractivity contribution is 5.97. The molecule has 70 heavy (non-hydrogen) atoms. The Labute approximate surface area is 404 Å². The van der Waals surface area contributed by atoms with Crippen molar-refractivity contribution >= 4 is 70.2 Å². The molecule has 0 aliphatic rings. The maximum atomic E-state index is 14.5. The molecule has 6 atom stereocenters. The van der Waals surface area contributed by atoms with Gasteiger partial charge in [0.15, 0.2) is 23.8 Å². The van der Waals surface area contributed by atoms with Crippen LogP contribution in [0.25, 0.3) is 10.9 Å². The molecular formula is C44H69N19O7. The average molecular weight is 976 g/mol. The molecule has 1 heterocycles. The molecule has 1 aromatic heterocycles. The number of aliphatic carboxylic acids is 1. The summed E-state index contributed by atoms with van der Waals surface area (Å²) in [7, 11) is 0. The lowest BCUT2D eigenvalue weighted by atomic mass is 10.0. The van der Waals surface area contributed by atoms with Crippen LogP contribution < -0.4 is 78.2 Å². The lowest BCUT2D eigenvalue weighted by molar-refractivity contribution is -0.142. The second kappa shape index (κ2) is 29.6. The summed E-state index contributed by atoms with van der Waals surface area (Å²) in [6.07, 6.45) is 2.38. The molecule has 25 N–H and O–H groups in total. The van der Waals surface area contributed by atoms with Crippen molar-refractivity contribution in [2.75, 3.05) is 26.2 Å². The quantitative estimate of drug-likeness (QED) is 0.0166.